The molecular weight excluding hydrogens is 352 g/mol. The molecule has 0 aliphatic carbocycles. The maximum absolute atomic E-state index is 6.03. The quantitative estimate of drug-likeness (QED) is 0.416. The summed E-state index contributed by atoms with van der Waals surface area (Å²) in [5.74, 6) is 0. The van der Waals surface area contributed by atoms with Crippen LogP contribution in [0.3, 0.4) is 0 Å². The van der Waals surface area contributed by atoms with E-state index in [4.69, 9.17) is 16.4 Å². The molecule has 0 atom stereocenters. The summed E-state index contributed by atoms with van der Waals surface area (Å²) in [6, 6.07) is 11.6. The van der Waals surface area contributed by atoms with Gasteiger partial charge in [-0.2, -0.15) is 0 Å². The second kappa shape index (κ2) is 9.53. The topological polar surface area (TPSA) is 25.5 Å². The predicted octanol–water partition coefficient (Wildman–Crippen LogP) is 0.592. The minimum absolute atomic E-state index is 0. The fourth-order valence-corrected chi connectivity index (χ4v) is 1.97. The fourth-order valence-electron chi connectivity index (χ4n) is 1.78. The number of benzene rings is 1. The zero-order valence-corrected chi connectivity index (χ0v) is 14.2. The van der Waals surface area contributed by atoms with E-state index in [2.05, 4.69) is 16.6 Å². The monoisotopic (exact) mass is 368 g/mol. The molecule has 0 radical (unpaired) electrons. The van der Waals surface area contributed by atoms with Crippen LogP contribution in [-0.2, 0) is 18.0 Å². The Bertz CT molecular complexity index is 573. The van der Waals surface area contributed by atoms with Crippen LogP contribution in [0.25, 0.3) is 0 Å². The first-order valence-corrected chi connectivity index (χ1v) is 7.05. The Labute approximate surface area is 141 Å². The smallest absolute Gasteiger partial charge is 0.169 e. The van der Waals surface area contributed by atoms with Crippen molar-refractivity contribution >= 4 is 17.8 Å². The number of nitrogens with zero attached hydrogens (tertiary/aromatic N) is 2. The van der Waals surface area contributed by atoms with E-state index in [-0.39, 0.29) is 17.0 Å². The molecule has 1 aromatic carbocycles. The molecule has 0 aliphatic rings. The molecule has 1 heterocycles. The van der Waals surface area contributed by atoms with E-state index in [1.165, 1.54) is 0 Å². The standard InChI is InChI=1S/C16H18ClN2O.BrH/c1-2-9-19-10-7-14(8-11-19)12-18-20-13-15-5-3-4-6-16(15)17;/h3-8,10-12H,2,9,13H2,1H3;1H/q+1;/p-1/b18-12+;. The molecule has 112 valence electrons. The third-order valence-corrected chi connectivity index (χ3v) is 3.22. The largest absolute Gasteiger partial charge is 1.00 e. The van der Waals surface area contributed by atoms with Gasteiger partial charge < -0.3 is 21.8 Å². The van der Waals surface area contributed by atoms with Crippen molar-refractivity contribution in [3.8, 4) is 0 Å². The zero-order chi connectivity index (χ0) is 14.2. The van der Waals surface area contributed by atoms with Crippen molar-refractivity contribution in [2.24, 2.45) is 5.16 Å². The highest BCUT2D eigenvalue weighted by Crippen LogP contribution is 2.15. The summed E-state index contributed by atoms with van der Waals surface area (Å²) in [7, 11) is 0. The van der Waals surface area contributed by atoms with Gasteiger partial charge in [-0.25, -0.2) is 4.57 Å². The van der Waals surface area contributed by atoms with Crippen molar-refractivity contribution in [3.05, 3.63) is 64.9 Å². The first-order valence-electron chi connectivity index (χ1n) is 6.67. The van der Waals surface area contributed by atoms with Crippen LogP contribution in [-0.4, -0.2) is 6.21 Å². The maximum Gasteiger partial charge on any atom is 0.169 e. The first-order chi connectivity index (χ1) is 9.79. The molecular formula is C16H18BrClN2O. The summed E-state index contributed by atoms with van der Waals surface area (Å²) in [6.45, 7) is 3.56. The van der Waals surface area contributed by atoms with Crippen molar-refractivity contribution in [1.29, 1.82) is 0 Å². The second-order valence-electron chi connectivity index (χ2n) is 4.47. The summed E-state index contributed by atoms with van der Waals surface area (Å²) in [6.07, 6.45) is 6.91. The van der Waals surface area contributed by atoms with Gasteiger partial charge >= 0.3 is 0 Å². The highest BCUT2D eigenvalue weighted by molar-refractivity contribution is 6.31. The Balaban J connectivity index is 0.00000220. The lowest BCUT2D eigenvalue weighted by Gasteiger charge is -2.01. The number of hydrogen-bond donors (Lipinski definition) is 0. The van der Waals surface area contributed by atoms with E-state index >= 15 is 0 Å². The molecule has 0 saturated carbocycles. The van der Waals surface area contributed by atoms with Gasteiger partial charge in [0, 0.05) is 34.7 Å². The molecule has 5 heteroatoms. The minimum atomic E-state index is 0. The van der Waals surface area contributed by atoms with Gasteiger partial charge in [-0.1, -0.05) is 41.9 Å². The van der Waals surface area contributed by atoms with Gasteiger partial charge in [0.1, 0.15) is 13.2 Å². The Morgan fingerprint density at radius 3 is 2.57 bits per heavy atom. The predicted molar refractivity (Wildman–Crippen MR) is 80.8 cm³/mol. The van der Waals surface area contributed by atoms with Crippen LogP contribution in [0.2, 0.25) is 5.02 Å². The second-order valence-corrected chi connectivity index (χ2v) is 4.88. The van der Waals surface area contributed by atoms with Crippen molar-refractivity contribution in [1.82, 2.24) is 0 Å². The number of halogens is 2. The number of aryl methyl sites for hydroxylation is 1. The van der Waals surface area contributed by atoms with Gasteiger partial charge in [0.2, 0.25) is 0 Å². The molecule has 0 saturated heterocycles. The van der Waals surface area contributed by atoms with E-state index < -0.39 is 0 Å². The summed E-state index contributed by atoms with van der Waals surface area (Å²) >= 11 is 6.03. The molecule has 21 heavy (non-hydrogen) atoms. The average Bonchev–Trinajstić information content (AvgIpc) is 2.47. The highest BCUT2D eigenvalue weighted by atomic mass is 79.9. The van der Waals surface area contributed by atoms with E-state index in [1.54, 1.807) is 6.21 Å². The lowest BCUT2D eigenvalue weighted by Crippen LogP contribution is -3.00. The SMILES string of the molecule is CCC[n+]1ccc(/C=N/OCc2ccccc2Cl)cc1.[Br-]. The van der Waals surface area contributed by atoms with Crippen LogP contribution < -0.4 is 21.5 Å². The van der Waals surface area contributed by atoms with Crippen LogP contribution in [0.15, 0.2) is 53.9 Å². The third-order valence-electron chi connectivity index (χ3n) is 2.85. The third kappa shape index (κ3) is 5.86. The van der Waals surface area contributed by atoms with Crippen LogP contribution in [0.1, 0.15) is 24.5 Å². The Morgan fingerprint density at radius 1 is 1.19 bits per heavy atom. The first kappa shape index (κ1) is 17.7. The summed E-state index contributed by atoms with van der Waals surface area (Å²) < 4.78 is 2.14. The normalized spacial score (nSPS) is 10.4. The molecule has 0 fully saturated rings. The Morgan fingerprint density at radius 2 is 1.90 bits per heavy atom. The van der Waals surface area contributed by atoms with E-state index in [1.807, 2.05) is 48.8 Å². The Kier molecular flexibility index (Phi) is 8.01. The van der Waals surface area contributed by atoms with Crippen molar-refractivity contribution in [3.63, 3.8) is 0 Å². The van der Waals surface area contributed by atoms with Gasteiger partial charge in [0.25, 0.3) is 0 Å². The lowest BCUT2D eigenvalue weighted by molar-refractivity contribution is -0.697. The van der Waals surface area contributed by atoms with Crippen molar-refractivity contribution in [2.45, 2.75) is 26.5 Å². The molecule has 0 N–H and O–H groups in total. The van der Waals surface area contributed by atoms with Gasteiger partial charge in [0.15, 0.2) is 12.4 Å². The van der Waals surface area contributed by atoms with Gasteiger partial charge in [-0.15, -0.1) is 0 Å². The highest BCUT2D eigenvalue weighted by Gasteiger charge is 1.99. The van der Waals surface area contributed by atoms with Gasteiger partial charge in [-0.05, 0) is 6.07 Å². The molecule has 2 rings (SSSR count). The molecule has 0 spiro atoms. The summed E-state index contributed by atoms with van der Waals surface area (Å²) in [5.41, 5.74) is 1.94. The van der Waals surface area contributed by atoms with E-state index in [0.717, 1.165) is 24.1 Å². The number of aromatic nitrogens is 1. The van der Waals surface area contributed by atoms with Crippen molar-refractivity contribution in [2.75, 3.05) is 0 Å². The summed E-state index contributed by atoms with van der Waals surface area (Å²) in [5, 5.41) is 4.66. The number of oxime groups is 1. The average molecular weight is 370 g/mol. The number of rotatable bonds is 6. The molecule has 2 aromatic rings. The number of pyridine rings is 1. The molecule has 3 nitrogen and oxygen atoms in total. The van der Waals surface area contributed by atoms with Crippen LogP contribution in [0.4, 0.5) is 0 Å². The number of hydrogen-bond acceptors (Lipinski definition) is 2. The van der Waals surface area contributed by atoms with Crippen LogP contribution >= 0.6 is 11.6 Å². The van der Waals surface area contributed by atoms with Gasteiger partial charge in [0.05, 0.1) is 6.21 Å². The molecule has 0 aliphatic heterocycles. The van der Waals surface area contributed by atoms with Crippen molar-refractivity contribution < 1.29 is 26.4 Å². The van der Waals surface area contributed by atoms with Crippen LogP contribution in [0, 0.1) is 0 Å². The lowest BCUT2D eigenvalue weighted by atomic mass is 10.2. The molecule has 1 aromatic heterocycles. The Hall–Kier alpha value is -1.39. The molecule has 0 unspecified atom stereocenters. The van der Waals surface area contributed by atoms with E-state index in [9.17, 15) is 0 Å². The van der Waals surface area contributed by atoms with Gasteiger partial charge in [-0.3, -0.25) is 0 Å². The molecule has 0 bridgehead atoms. The maximum atomic E-state index is 6.03. The zero-order valence-electron chi connectivity index (χ0n) is 11.9. The fraction of sp³-hybridized carbons (Fsp3) is 0.250. The summed E-state index contributed by atoms with van der Waals surface area (Å²) in [4.78, 5) is 5.26. The minimum Gasteiger partial charge on any atom is -1.00 e. The van der Waals surface area contributed by atoms with E-state index in [0.29, 0.717) is 11.6 Å². The van der Waals surface area contributed by atoms with Crippen LogP contribution in [0.5, 0.6) is 0 Å². The molecule has 0 amide bonds.